The maximum Gasteiger partial charge on any atom is 0.335 e. The highest BCUT2D eigenvalue weighted by molar-refractivity contribution is 5.83. The Bertz CT molecular complexity index is 935. The number of aliphatic carboxylic acids is 2. The molecular weight excluding hydrogens is 481 g/mol. The minimum absolute atomic E-state index is 0.000769. The average molecular weight is 514 g/mol. The summed E-state index contributed by atoms with van der Waals surface area (Å²) in [5, 5.41) is 44.9. The summed E-state index contributed by atoms with van der Waals surface area (Å²) in [6.45, 7) is 3.44. The molecule has 14 heteroatoms. The number of hydrogen-bond donors (Lipinski definition) is 5. The lowest BCUT2D eigenvalue weighted by molar-refractivity contribution is -0.165. The van der Waals surface area contributed by atoms with Crippen LogP contribution in [-0.4, -0.2) is 129 Å². The number of aliphatic hydroxyl groups excluding tert-OH is 2. The number of nitrogens with one attached hydrogen (secondary N) is 1. The van der Waals surface area contributed by atoms with Crippen molar-refractivity contribution in [2.45, 2.75) is 49.7 Å². The van der Waals surface area contributed by atoms with Crippen molar-refractivity contribution in [3.05, 3.63) is 11.6 Å². The van der Waals surface area contributed by atoms with Crippen LogP contribution in [0.1, 0.15) is 19.8 Å². The Morgan fingerprint density at radius 1 is 1.22 bits per heavy atom. The number of alkyl halides is 1. The highest BCUT2D eigenvalue weighted by Gasteiger charge is 2.42. The van der Waals surface area contributed by atoms with Crippen LogP contribution in [0.15, 0.2) is 11.6 Å². The molecule has 13 nitrogen and oxygen atoms in total. The number of halogens is 1. The number of carbonyl (C=O) groups excluding carboxylic acids is 2. The van der Waals surface area contributed by atoms with Crippen molar-refractivity contribution in [2.24, 2.45) is 5.92 Å². The molecule has 0 bridgehead atoms. The third kappa shape index (κ3) is 6.90. The largest absolute Gasteiger partial charge is 0.479 e. The molecule has 0 aromatic carbocycles. The molecule has 0 aromatic rings. The zero-order valence-corrected chi connectivity index (χ0v) is 20.3. The predicted molar refractivity (Wildman–Crippen MR) is 121 cm³/mol. The van der Waals surface area contributed by atoms with Gasteiger partial charge in [0, 0.05) is 45.1 Å². The molecule has 2 heterocycles. The number of carboxylic acids is 2. The van der Waals surface area contributed by atoms with Crippen LogP contribution < -0.4 is 5.32 Å². The van der Waals surface area contributed by atoms with Gasteiger partial charge in [-0.25, -0.2) is 18.8 Å². The normalized spacial score (nSPS) is 28.2. The molecule has 0 aromatic heterocycles. The lowest BCUT2D eigenvalue weighted by Gasteiger charge is -2.28. The number of nitrogens with zero attached hydrogens (tertiary/aromatic N) is 4. The first-order valence-corrected chi connectivity index (χ1v) is 11.3. The molecule has 3 aliphatic rings. The van der Waals surface area contributed by atoms with Crippen molar-refractivity contribution in [1.82, 2.24) is 20.0 Å². The van der Waals surface area contributed by atoms with Crippen LogP contribution in [0, 0.1) is 17.2 Å². The van der Waals surface area contributed by atoms with Gasteiger partial charge >= 0.3 is 18.0 Å². The molecule has 2 saturated heterocycles. The fraction of sp³-hybridized carbons (Fsp3) is 0.682. The Kier molecular flexibility index (Phi) is 9.36. The quantitative estimate of drug-likeness (QED) is 0.264. The van der Waals surface area contributed by atoms with E-state index in [4.69, 9.17) is 25.7 Å². The monoisotopic (exact) mass is 513 g/mol. The summed E-state index contributed by atoms with van der Waals surface area (Å²) in [6, 6.07) is 1.35. The summed E-state index contributed by atoms with van der Waals surface area (Å²) in [6.07, 6.45) is -2.61. The lowest BCUT2D eigenvalue weighted by Crippen LogP contribution is -2.48. The van der Waals surface area contributed by atoms with Crippen LogP contribution in [0.25, 0.3) is 0 Å². The van der Waals surface area contributed by atoms with Crippen LogP contribution in [0.4, 0.5) is 9.18 Å². The minimum atomic E-state index is -2.27. The first-order valence-electron chi connectivity index (χ1n) is 11.3. The predicted octanol–water partition coefficient (Wildman–Crippen LogP) is -1.38. The molecule has 1 aliphatic carbocycles. The van der Waals surface area contributed by atoms with Crippen LogP contribution in [0.5, 0.6) is 0 Å². The van der Waals surface area contributed by atoms with Crippen molar-refractivity contribution in [3.63, 3.8) is 0 Å². The van der Waals surface area contributed by atoms with E-state index in [1.807, 2.05) is 17.9 Å². The number of amides is 3. The van der Waals surface area contributed by atoms with Gasteiger partial charge in [-0.2, -0.15) is 5.26 Å². The summed E-state index contributed by atoms with van der Waals surface area (Å²) in [5.41, 5.74) is 0.905. The molecule has 0 spiro atoms. The Morgan fingerprint density at radius 2 is 1.81 bits per heavy atom. The third-order valence-electron chi connectivity index (χ3n) is 6.33. The van der Waals surface area contributed by atoms with Crippen LogP contribution in [-0.2, 0) is 14.4 Å². The molecular formula is C22H32FN5O8. The van der Waals surface area contributed by atoms with E-state index in [1.54, 1.807) is 19.0 Å². The summed E-state index contributed by atoms with van der Waals surface area (Å²) < 4.78 is 13.5. The molecule has 3 rings (SSSR count). The van der Waals surface area contributed by atoms with E-state index < -0.39 is 36.4 Å². The summed E-state index contributed by atoms with van der Waals surface area (Å²) in [5.74, 6) is -3.47. The smallest absolute Gasteiger partial charge is 0.335 e. The molecule has 3 amide bonds. The van der Waals surface area contributed by atoms with Crippen molar-refractivity contribution >= 4 is 23.9 Å². The third-order valence-corrected chi connectivity index (χ3v) is 6.33. The lowest BCUT2D eigenvalue weighted by atomic mass is 9.97. The number of fused-ring (bicyclic) bond motifs is 1. The van der Waals surface area contributed by atoms with Crippen LogP contribution in [0.3, 0.4) is 0 Å². The molecule has 6 atom stereocenters. The highest BCUT2D eigenvalue weighted by Crippen LogP contribution is 2.38. The van der Waals surface area contributed by atoms with Gasteiger partial charge in [0.15, 0.2) is 12.2 Å². The second-order valence-electron chi connectivity index (χ2n) is 9.54. The SMILES string of the molecule is CN(C)C(=O)N1CC2=CC(C)(NCC(=O)N3CC(F)CC3C#N)CC2C1.O=C(O)C(O)C(O)C(=O)O. The Hall–Kier alpha value is -3.28. The zero-order valence-electron chi connectivity index (χ0n) is 20.3. The number of carboxylic acid groups (broad SMARTS) is 2. The Balaban J connectivity index is 0.000000388. The number of aliphatic hydroxyl groups is 2. The number of urea groups is 1. The van der Waals surface area contributed by atoms with E-state index in [0.29, 0.717) is 19.0 Å². The van der Waals surface area contributed by atoms with Crippen molar-refractivity contribution < 1.29 is 44.0 Å². The standard InChI is InChI=1S/C18H26FN5O2.C4H6O6/c1-18(21-8-16(25)24-11-14(19)4-15(24)7-20)5-12-9-23(10-13(12)6-18)17(26)22(2)3;5-1(3(7)8)2(6)4(9)10/h5,13-15,21H,4,6,8-11H2,1-3H3;1-2,5-6H,(H,7,8)(H,9,10). The zero-order chi connectivity index (χ0) is 27.4. The molecule has 200 valence electrons. The summed E-state index contributed by atoms with van der Waals surface area (Å²) in [4.78, 5) is 48.8. The first-order chi connectivity index (χ1) is 16.7. The van der Waals surface area contributed by atoms with E-state index in [1.165, 1.54) is 10.5 Å². The van der Waals surface area contributed by atoms with E-state index in [9.17, 15) is 23.6 Å². The van der Waals surface area contributed by atoms with Gasteiger partial charge in [0.2, 0.25) is 5.91 Å². The number of likely N-dealkylation sites (tertiary alicyclic amines) is 2. The molecule has 36 heavy (non-hydrogen) atoms. The second kappa shape index (κ2) is 11.6. The van der Waals surface area contributed by atoms with E-state index in [2.05, 4.69) is 11.4 Å². The van der Waals surface area contributed by atoms with Crippen molar-refractivity contribution in [3.8, 4) is 6.07 Å². The molecule has 0 saturated carbocycles. The molecule has 0 radical (unpaired) electrons. The van der Waals surface area contributed by atoms with Gasteiger partial charge in [-0.05, 0) is 18.9 Å². The second-order valence-corrected chi connectivity index (χ2v) is 9.54. The average Bonchev–Trinajstić information content (AvgIpc) is 3.46. The van der Waals surface area contributed by atoms with Gasteiger partial charge < -0.3 is 35.1 Å². The Morgan fingerprint density at radius 3 is 2.28 bits per heavy atom. The van der Waals surface area contributed by atoms with Gasteiger partial charge in [-0.15, -0.1) is 0 Å². The molecule has 6 unspecified atom stereocenters. The van der Waals surface area contributed by atoms with Gasteiger partial charge in [-0.1, -0.05) is 6.08 Å². The van der Waals surface area contributed by atoms with Crippen molar-refractivity contribution in [2.75, 3.05) is 40.3 Å². The van der Waals surface area contributed by atoms with Gasteiger partial charge in [0.05, 0.1) is 19.2 Å². The molecule has 2 fully saturated rings. The van der Waals surface area contributed by atoms with Crippen LogP contribution >= 0.6 is 0 Å². The summed E-state index contributed by atoms with van der Waals surface area (Å²) in [7, 11) is 3.49. The van der Waals surface area contributed by atoms with Gasteiger partial charge in [-0.3, -0.25) is 10.1 Å². The van der Waals surface area contributed by atoms with Gasteiger partial charge in [0.25, 0.3) is 0 Å². The highest BCUT2D eigenvalue weighted by atomic mass is 19.1. The number of nitriles is 1. The maximum absolute atomic E-state index is 13.5. The molecule has 2 aliphatic heterocycles. The fourth-order valence-electron chi connectivity index (χ4n) is 4.52. The summed E-state index contributed by atoms with van der Waals surface area (Å²) >= 11 is 0. The van der Waals surface area contributed by atoms with Gasteiger partial charge in [0.1, 0.15) is 12.2 Å². The van der Waals surface area contributed by atoms with Crippen molar-refractivity contribution in [1.29, 1.82) is 5.26 Å². The van der Waals surface area contributed by atoms with Crippen LogP contribution in [0.2, 0.25) is 0 Å². The van der Waals surface area contributed by atoms with E-state index >= 15 is 0 Å². The van der Waals surface area contributed by atoms with E-state index in [0.717, 1.165) is 6.42 Å². The fourth-order valence-corrected chi connectivity index (χ4v) is 4.52. The number of rotatable bonds is 6. The topological polar surface area (TPSA) is 195 Å². The first kappa shape index (κ1) is 29.0. The van der Waals surface area contributed by atoms with E-state index in [-0.39, 0.29) is 37.0 Å². The Labute approximate surface area is 207 Å². The maximum atomic E-state index is 13.5. The molecule has 5 N–H and O–H groups in total. The minimum Gasteiger partial charge on any atom is -0.479 e. The number of hydrogen-bond acceptors (Lipinski definition) is 8. The number of carbonyl (C=O) groups is 4.